The van der Waals surface area contributed by atoms with Crippen LogP contribution in [-0.4, -0.2) is 16.3 Å². The summed E-state index contributed by atoms with van der Waals surface area (Å²) in [6.07, 6.45) is 4.68. The molecule has 2 nitrogen and oxygen atoms in total. The fourth-order valence-electron chi connectivity index (χ4n) is 3.26. The van der Waals surface area contributed by atoms with Crippen molar-refractivity contribution in [3.8, 4) is 6.07 Å². The average molecular weight is 289 g/mol. The minimum Gasteiger partial charge on any atom is -0.299 e. The summed E-state index contributed by atoms with van der Waals surface area (Å²) >= 11 is 2.04. The van der Waals surface area contributed by atoms with Crippen LogP contribution in [0.3, 0.4) is 0 Å². The molecule has 2 heterocycles. The summed E-state index contributed by atoms with van der Waals surface area (Å²) < 4.78 is 13.1. The molecule has 1 aromatic rings. The second kappa shape index (κ2) is 5.57. The van der Waals surface area contributed by atoms with Gasteiger partial charge in [-0.1, -0.05) is 6.07 Å². The Labute approximate surface area is 122 Å². The molecule has 0 aromatic heterocycles. The number of hydrogen-bond acceptors (Lipinski definition) is 3. The first-order valence-corrected chi connectivity index (χ1v) is 7.96. The van der Waals surface area contributed by atoms with Crippen molar-refractivity contribution in [3.05, 3.63) is 35.1 Å². The van der Waals surface area contributed by atoms with Crippen molar-refractivity contribution in [2.24, 2.45) is 5.92 Å². The number of Topliss-reactive ketones (excluding diaryl/α,β-unsaturated/α-hetero) is 1. The Kier molecular flexibility index (Phi) is 3.80. The van der Waals surface area contributed by atoms with Crippen LogP contribution in [0.5, 0.6) is 0 Å². The minimum atomic E-state index is -0.426. The minimum absolute atomic E-state index is 0.130. The van der Waals surface area contributed by atoms with Gasteiger partial charge in [0.25, 0.3) is 0 Å². The highest BCUT2D eigenvalue weighted by Gasteiger charge is 2.37. The van der Waals surface area contributed by atoms with Gasteiger partial charge in [-0.3, -0.25) is 4.79 Å². The Hall–Kier alpha value is -1.34. The second-order valence-corrected chi connectivity index (χ2v) is 7.29. The summed E-state index contributed by atoms with van der Waals surface area (Å²) in [7, 11) is 0. The maximum absolute atomic E-state index is 13.1. The molecule has 2 saturated heterocycles. The molecule has 0 aliphatic carbocycles. The summed E-state index contributed by atoms with van der Waals surface area (Å²) in [6, 6.07) is 6.08. The molecule has 20 heavy (non-hydrogen) atoms. The molecule has 2 atom stereocenters. The van der Waals surface area contributed by atoms with Crippen LogP contribution in [0.25, 0.3) is 0 Å². The lowest BCUT2D eigenvalue weighted by molar-refractivity contribution is -0.122. The van der Waals surface area contributed by atoms with Gasteiger partial charge in [0.15, 0.2) is 0 Å². The number of carbonyl (C=O) groups excluding carboxylic acids is 1. The van der Waals surface area contributed by atoms with Crippen LogP contribution in [0.2, 0.25) is 0 Å². The molecule has 4 heteroatoms. The van der Waals surface area contributed by atoms with Crippen molar-refractivity contribution >= 4 is 17.5 Å². The van der Waals surface area contributed by atoms with Gasteiger partial charge in [0.05, 0.1) is 11.6 Å². The van der Waals surface area contributed by atoms with E-state index in [1.54, 1.807) is 6.07 Å². The third kappa shape index (κ3) is 2.73. The van der Waals surface area contributed by atoms with E-state index < -0.39 is 5.82 Å². The van der Waals surface area contributed by atoms with Gasteiger partial charge < -0.3 is 0 Å². The maximum atomic E-state index is 13.1. The molecule has 2 aliphatic heterocycles. The van der Waals surface area contributed by atoms with E-state index in [4.69, 9.17) is 5.26 Å². The first kappa shape index (κ1) is 13.6. The van der Waals surface area contributed by atoms with Gasteiger partial charge in [-0.25, -0.2) is 4.39 Å². The fourth-order valence-corrected chi connectivity index (χ4v) is 5.04. The molecule has 2 unspecified atom stereocenters. The van der Waals surface area contributed by atoms with Crippen LogP contribution in [0.4, 0.5) is 4.39 Å². The zero-order valence-corrected chi connectivity index (χ0v) is 12.0. The molecule has 2 aliphatic rings. The van der Waals surface area contributed by atoms with E-state index in [1.165, 1.54) is 25.0 Å². The van der Waals surface area contributed by atoms with E-state index in [2.05, 4.69) is 0 Å². The Morgan fingerprint density at radius 1 is 1.35 bits per heavy atom. The molecule has 0 amide bonds. The molecule has 0 spiro atoms. The summed E-state index contributed by atoms with van der Waals surface area (Å²) in [6.45, 7) is 0. The normalized spacial score (nSPS) is 28.1. The highest BCUT2D eigenvalue weighted by Crippen LogP contribution is 2.46. The Morgan fingerprint density at radius 2 is 2.05 bits per heavy atom. The average Bonchev–Trinajstić information content (AvgIpc) is 2.79. The van der Waals surface area contributed by atoms with Gasteiger partial charge in [0.1, 0.15) is 11.6 Å². The van der Waals surface area contributed by atoms with Gasteiger partial charge in [-0.15, -0.1) is 0 Å². The zero-order valence-electron chi connectivity index (χ0n) is 11.1. The van der Waals surface area contributed by atoms with Crippen molar-refractivity contribution in [1.82, 2.24) is 0 Å². The first-order valence-electron chi connectivity index (χ1n) is 7.02. The lowest BCUT2D eigenvalue weighted by atomic mass is 9.89. The molecule has 3 rings (SSSR count). The Morgan fingerprint density at radius 3 is 2.70 bits per heavy atom. The van der Waals surface area contributed by atoms with E-state index >= 15 is 0 Å². The van der Waals surface area contributed by atoms with Crippen molar-refractivity contribution in [1.29, 1.82) is 5.26 Å². The van der Waals surface area contributed by atoms with Gasteiger partial charge in [-0.2, -0.15) is 17.0 Å². The number of nitrogens with zero attached hydrogens (tertiary/aromatic N) is 1. The number of thioether (sulfide) groups is 1. The van der Waals surface area contributed by atoms with Crippen LogP contribution >= 0.6 is 11.8 Å². The number of ketones is 1. The molecule has 1 aromatic carbocycles. The van der Waals surface area contributed by atoms with Gasteiger partial charge >= 0.3 is 0 Å². The molecular weight excluding hydrogens is 273 g/mol. The van der Waals surface area contributed by atoms with Crippen LogP contribution in [0.1, 0.15) is 36.8 Å². The quantitative estimate of drug-likeness (QED) is 0.855. The fraction of sp³-hybridized carbons (Fsp3) is 0.500. The number of hydrogen-bond donors (Lipinski definition) is 0. The number of nitriles is 1. The molecule has 0 radical (unpaired) electrons. The van der Waals surface area contributed by atoms with Crippen LogP contribution in [0, 0.1) is 23.1 Å². The number of rotatable bonds is 3. The highest BCUT2D eigenvalue weighted by atomic mass is 32.2. The van der Waals surface area contributed by atoms with Crippen molar-refractivity contribution < 1.29 is 9.18 Å². The molecule has 104 valence electrons. The Bertz CT molecular complexity index is 568. The predicted octanol–water partition coefficient (Wildman–Crippen LogP) is 3.48. The molecule has 0 N–H and O–H groups in total. The molecular formula is C16H16FNOS. The van der Waals surface area contributed by atoms with E-state index in [0.29, 0.717) is 16.1 Å². The van der Waals surface area contributed by atoms with E-state index in [-0.39, 0.29) is 23.7 Å². The third-order valence-electron chi connectivity index (χ3n) is 4.30. The Balaban J connectivity index is 1.72. The van der Waals surface area contributed by atoms with Gasteiger partial charge in [0.2, 0.25) is 0 Å². The summed E-state index contributed by atoms with van der Waals surface area (Å²) in [5.41, 5.74) is 0.941. The number of benzene rings is 1. The van der Waals surface area contributed by atoms with Gasteiger partial charge in [0, 0.05) is 22.8 Å². The van der Waals surface area contributed by atoms with Gasteiger partial charge in [-0.05, 0) is 43.4 Å². The molecule has 0 saturated carbocycles. The van der Waals surface area contributed by atoms with Crippen LogP contribution in [0.15, 0.2) is 18.2 Å². The largest absolute Gasteiger partial charge is 0.299 e. The van der Waals surface area contributed by atoms with E-state index in [1.807, 2.05) is 17.8 Å². The summed E-state index contributed by atoms with van der Waals surface area (Å²) in [4.78, 5) is 12.4. The monoisotopic (exact) mass is 289 g/mol. The lowest BCUT2D eigenvalue weighted by Crippen LogP contribution is -2.26. The van der Waals surface area contributed by atoms with Crippen molar-refractivity contribution in [2.75, 3.05) is 0 Å². The first-order chi connectivity index (χ1) is 9.65. The lowest BCUT2D eigenvalue weighted by Gasteiger charge is -2.26. The topological polar surface area (TPSA) is 40.9 Å². The smallest absolute Gasteiger partial charge is 0.140 e. The molecule has 2 bridgehead atoms. The molecule has 2 fully saturated rings. The summed E-state index contributed by atoms with van der Waals surface area (Å²) in [5.74, 6) is -0.0829. The summed E-state index contributed by atoms with van der Waals surface area (Å²) in [5, 5.41) is 10.3. The van der Waals surface area contributed by atoms with Crippen molar-refractivity contribution in [2.45, 2.75) is 42.6 Å². The van der Waals surface area contributed by atoms with Crippen molar-refractivity contribution in [3.63, 3.8) is 0 Å². The number of fused-ring (bicyclic) bond motifs is 2. The number of halogens is 1. The standard InChI is InChI=1S/C16H16FNOS/c17-13-2-1-10(12(5-13)9-18)8-16(19)11-6-14-3-4-15(7-11)20-14/h1-2,5,11,14-15H,3-4,6-8H2. The maximum Gasteiger partial charge on any atom is 0.140 e. The van der Waals surface area contributed by atoms with E-state index in [0.717, 1.165) is 12.8 Å². The zero-order chi connectivity index (χ0) is 14.1. The third-order valence-corrected chi connectivity index (χ3v) is 5.93. The number of carbonyl (C=O) groups is 1. The highest BCUT2D eigenvalue weighted by molar-refractivity contribution is 8.00. The van der Waals surface area contributed by atoms with Crippen LogP contribution in [-0.2, 0) is 11.2 Å². The SMILES string of the molecule is N#Cc1cc(F)ccc1CC(=O)C1CC2CCC(C1)S2. The van der Waals surface area contributed by atoms with E-state index in [9.17, 15) is 9.18 Å². The second-order valence-electron chi connectivity index (χ2n) is 5.68. The van der Waals surface area contributed by atoms with Crippen LogP contribution < -0.4 is 0 Å². The predicted molar refractivity (Wildman–Crippen MR) is 77.0 cm³/mol.